The van der Waals surface area contributed by atoms with Crippen molar-refractivity contribution in [1.29, 1.82) is 0 Å². The van der Waals surface area contributed by atoms with E-state index in [1.807, 2.05) is 0 Å². The third-order valence-corrected chi connectivity index (χ3v) is 1.58. The molecule has 5 heteroatoms. The fourth-order valence-corrected chi connectivity index (χ4v) is 1.00. The molecule has 0 atom stereocenters. The average Bonchev–Trinajstić information content (AvgIpc) is 2.08. The summed E-state index contributed by atoms with van der Waals surface area (Å²) in [6.07, 6.45) is 0. The van der Waals surface area contributed by atoms with E-state index in [4.69, 9.17) is 21.1 Å². The molecule has 0 fully saturated rings. The van der Waals surface area contributed by atoms with E-state index in [9.17, 15) is 0 Å². The number of nitrogens with zero attached hydrogens (tertiary/aromatic N) is 2. The van der Waals surface area contributed by atoms with Gasteiger partial charge < -0.3 is 9.47 Å². The second-order valence-electron chi connectivity index (χ2n) is 2.14. The SMILES string of the molecule is COc1nc(Cl)nc(OC)c1C. The largest absolute Gasteiger partial charge is 0.481 e. The lowest BCUT2D eigenvalue weighted by Gasteiger charge is -2.06. The van der Waals surface area contributed by atoms with Crippen LogP contribution in [-0.2, 0) is 0 Å². The molecule has 0 radical (unpaired) electrons. The van der Waals surface area contributed by atoms with Crippen molar-refractivity contribution < 1.29 is 9.47 Å². The maximum absolute atomic E-state index is 5.60. The Morgan fingerprint density at radius 1 is 1.08 bits per heavy atom. The van der Waals surface area contributed by atoms with Crippen molar-refractivity contribution in [3.8, 4) is 11.8 Å². The molecule has 1 heterocycles. The van der Waals surface area contributed by atoms with Crippen LogP contribution in [0.5, 0.6) is 11.8 Å². The number of hydrogen-bond donors (Lipinski definition) is 0. The molecule has 12 heavy (non-hydrogen) atoms. The van der Waals surface area contributed by atoms with Crippen LogP contribution in [0.25, 0.3) is 0 Å². The molecule has 66 valence electrons. The van der Waals surface area contributed by atoms with Gasteiger partial charge in [0.15, 0.2) is 0 Å². The minimum absolute atomic E-state index is 0.120. The zero-order valence-corrected chi connectivity index (χ0v) is 7.84. The van der Waals surface area contributed by atoms with Crippen molar-refractivity contribution in [1.82, 2.24) is 9.97 Å². The van der Waals surface area contributed by atoms with Crippen LogP contribution in [0, 0.1) is 6.92 Å². The van der Waals surface area contributed by atoms with Crippen LogP contribution in [0.2, 0.25) is 5.28 Å². The quantitative estimate of drug-likeness (QED) is 0.659. The zero-order valence-electron chi connectivity index (χ0n) is 7.09. The van der Waals surface area contributed by atoms with Crippen LogP contribution in [0.1, 0.15) is 5.56 Å². The highest BCUT2D eigenvalue weighted by Gasteiger charge is 2.09. The van der Waals surface area contributed by atoms with Crippen molar-refractivity contribution in [3.05, 3.63) is 10.8 Å². The predicted molar refractivity (Wildman–Crippen MR) is 44.9 cm³/mol. The Hall–Kier alpha value is -1.03. The number of rotatable bonds is 2. The summed E-state index contributed by atoms with van der Waals surface area (Å²) in [6.45, 7) is 1.80. The van der Waals surface area contributed by atoms with E-state index in [1.54, 1.807) is 6.92 Å². The van der Waals surface area contributed by atoms with Crippen molar-refractivity contribution in [2.45, 2.75) is 6.92 Å². The van der Waals surface area contributed by atoms with Gasteiger partial charge in [0.2, 0.25) is 17.0 Å². The van der Waals surface area contributed by atoms with Crippen molar-refractivity contribution >= 4 is 11.6 Å². The topological polar surface area (TPSA) is 44.2 Å². The molecular weight excluding hydrogens is 180 g/mol. The van der Waals surface area contributed by atoms with E-state index in [2.05, 4.69) is 9.97 Å². The Bertz CT molecular complexity index is 266. The highest BCUT2D eigenvalue weighted by molar-refractivity contribution is 6.28. The standard InChI is InChI=1S/C7H9ClN2O2/c1-4-5(11-2)9-7(8)10-6(4)12-3/h1-3H3. The molecule has 0 aromatic carbocycles. The lowest BCUT2D eigenvalue weighted by atomic mass is 10.3. The highest BCUT2D eigenvalue weighted by atomic mass is 35.5. The van der Waals surface area contributed by atoms with Gasteiger partial charge in [-0.05, 0) is 18.5 Å². The lowest BCUT2D eigenvalue weighted by Crippen LogP contribution is -1.98. The summed E-state index contributed by atoms with van der Waals surface area (Å²) < 4.78 is 9.91. The summed E-state index contributed by atoms with van der Waals surface area (Å²) in [6, 6.07) is 0. The average molecular weight is 189 g/mol. The Morgan fingerprint density at radius 2 is 1.50 bits per heavy atom. The van der Waals surface area contributed by atoms with E-state index in [0.29, 0.717) is 11.8 Å². The summed E-state index contributed by atoms with van der Waals surface area (Å²) in [7, 11) is 3.04. The minimum Gasteiger partial charge on any atom is -0.481 e. The van der Waals surface area contributed by atoms with E-state index in [0.717, 1.165) is 5.56 Å². The molecule has 0 unspecified atom stereocenters. The minimum atomic E-state index is 0.120. The summed E-state index contributed by atoms with van der Waals surface area (Å²) >= 11 is 5.60. The van der Waals surface area contributed by atoms with Crippen molar-refractivity contribution in [3.63, 3.8) is 0 Å². The fraction of sp³-hybridized carbons (Fsp3) is 0.429. The predicted octanol–water partition coefficient (Wildman–Crippen LogP) is 1.46. The Labute approximate surface area is 75.5 Å². The highest BCUT2D eigenvalue weighted by Crippen LogP contribution is 2.24. The van der Waals surface area contributed by atoms with Gasteiger partial charge in [0.25, 0.3) is 0 Å². The molecule has 0 aliphatic carbocycles. The summed E-state index contributed by atoms with van der Waals surface area (Å²) in [5.41, 5.74) is 0.740. The van der Waals surface area contributed by atoms with Gasteiger partial charge >= 0.3 is 0 Å². The number of methoxy groups -OCH3 is 2. The van der Waals surface area contributed by atoms with Crippen molar-refractivity contribution in [2.24, 2.45) is 0 Å². The summed E-state index contributed by atoms with van der Waals surface area (Å²) in [5.74, 6) is 0.874. The number of aromatic nitrogens is 2. The first-order valence-electron chi connectivity index (χ1n) is 3.31. The summed E-state index contributed by atoms with van der Waals surface area (Å²) in [5, 5.41) is 0.120. The Kier molecular flexibility index (Phi) is 2.70. The smallest absolute Gasteiger partial charge is 0.228 e. The fourth-order valence-electron chi connectivity index (χ4n) is 0.849. The van der Waals surface area contributed by atoms with Gasteiger partial charge in [-0.25, -0.2) is 0 Å². The number of hydrogen-bond acceptors (Lipinski definition) is 4. The lowest BCUT2D eigenvalue weighted by molar-refractivity contribution is 0.366. The van der Waals surface area contributed by atoms with Crippen LogP contribution in [0.4, 0.5) is 0 Å². The van der Waals surface area contributed by atoms with E-state index >= 15 is 0 Å². The zero-order chi connectivity index (χ0) is 9.14. The second kappa shape index (κ2) is 3.58. The van der Waals surface area contributed by atoms with Gasteiger partial charge in [-0.15, -0.1) is 0 Å². The molecule has 1 aromatic rings. The third kappa shape index (κ3) is 1.58. The molecular formula is C7H9ClN2O2. The molecule has 0 amide bonds. The molecule has 0 saturated carbocycles. The molecule has 1 aromatic heterocycles. The molecule has 0 saturated heterocycles. The van der Waals surface area contributed by atoms with Gasteiger partial charge in [0, 0.05) is 0 Å². The van der Waals surface area contributed by atoms with Crippen molar-refractivity contribution in [2.75, 3.05) is 14.2 Å². The Morgan fingerprint density at radius 3 is 1.83 bits per heavy atom. The van der Waals surface area contributed by atoms with Crippen LogP contribution in [0.15, 0.2) is 0 Å². The number of halogens is 1. The van der Waals surface area contributed by atoms with Crippen LogP contribution < -0.4 is 9.47 Å². The van der Waals surface area contributed by atoms with Gasteiger partial charge in [-0.1, -0.05) is 0 Å². The third-order valence-electron chi connectivity index (χ3n) is 1.42. The van der Waals surface area contributed by atoms with Gasteiger partial charge in [-0.3, -0.25) is 0 Å². The summed E-state index contributed by atoms with van der Waals surface area (Å²) in [4.78, 5) is 7.70. The molecule has 1 rings (SSSR count). The number of ether oxygens (including phenoxy) is 2. The van der Waals surface area contributed by atoms with Crippen LogP contribution >= 0.6 is 11.6 Å². The Balaban J connectivity index is 3.22. The monoisotopic (exact) mass is 188 g/mol. The van der Waals surface area contributed by atoms with Crippen LogP contribution in [-0.4, -0.2) is 24.2 Å². The molecule has 0 bridgehead atoms. The van der Waals surface area contributed by atoms with Gasteiger partial charge in [0.1, 0.15) is 0 Å². The molecule has 0 N–H and O–H groups in total. The normalized spacial score (nSPS) is 9.67. The first kappa shape index (κ1) is 9.06. The molecule has 4 nitrogen and oxygen atoms in total. The molecule has 0 spiro atoms. The first-order valence-corrected chi connectivity index (χ1v) is 3.69. The second-order valence-corrected chi connectivity index (χ2v) is 2.47. The van der Waals surface area contributed by atoms with E-state index in [-0.39, 0.29) is 5.28 Å². The molecule has 0 aliphatic rings. The van der Waals surface area contributed by atoms with E-state index < -0.39 is 0 Å². The first-order chi connectivity index (χ1) is 5.69. The van der Waals surface area contributed by atoms with Crippen LogP contribution in [0.3, 0.4) is 0 Å². The maximum atomic E-state index is 5.60. The van der Waals surface area contributed by atoms with Gasteiger partial charge in [-0.2, -0.15) is 9.97 Å². The molecule has 0 aliphatic heterocycles. The van der Waals surface area contributed by atoms with Gasteiger partial charge in [0.05, 0.1) is 19.8 Å². The maximum Gasteiger partial charge on any atom is 0.228 e. The van der Waals surface area contributed by atoms with E-state index in [1.165, 1.54) is 14.2 Å².